The normalized spacial score (nSPS) is 12.6. The van der Waals surface area contributed by atoms with E-state index in [9.17, 15) is 4.79 Å². The van der Waals surface area contributed by atoms with E-state index < -0.39 is 12.0 Å². The molecule has 6 heteroatoms. The second kappa shape index (κ2) is 6.54. The number of carboxylic acid groups (broad SMARTS) is 1. The average Bonchev–Trinajstić information content (AvgIpc) is 2.24. The molecule has 0 fully saturated rings. The third kappa shape index (κ3) is 3.70. The van der Waals surface area contributed by atoms with Crippen LogP contribution in [0.3, 0.4) is 0 Å². The van der Waals surface area contributed by atoms with E-state index in [1.165, 1.54) is 0 Å². The van der Waals surface area contributed by atoms with Gasteiger partial charge in [0.05, 0.1) is 16.1 Å². The van der Waals surface area contributed by atoms with E-state index >= 15 is 0 Å². The maximum absolute atomic E-state index is 11.1. The largest absolute Gasteiger partial charge is 0.494 e. The first-order chi connectivity index (χ1) is 8.36. The number of rotatable bonds is 5. The summed E-state index contributed by atoms with van der Waals surface area (Å²) in [5, 5.41) is 9.15. The zero-order valence-corrected chi connectivity index (χ0v) is 13.6. The topological polar surface area (TPSA) is 49.8 Å². The van der Waals surface area contributed by atoms with Crippen LogP contribution in [0.2, 0.25) is 0 Å². The van der Waals surface area contributed by atoms with Gasteiger partial charge in [0.15, 0.2) is 0 Å². The molecule has 0 saturated carbocycles. The van der Waals surface area contributed by atoms with Gasteiger partial charge in [-0.2, -0.15) is 0 Å². The summed E-state index contributed by atoms with van der Waals surface area (Å²) in [6, 6.07) is 3.21. The standard InChI is InChI=1S/C12H15Br2NO3/c1-15(2)10(12(16)17)6-7-4-8(13)11(18-3)9(14)5-7/h4-5,10H,6H2,1-3H3,(H,16,17)/t10-/m0/s1. The molecule has 1 aromatic rings. The average molecular weight is 381 g/mol. The van der Waals surface area contributed by atoms with Gasteiger partial charge >= 0.3 is 5.97 Å². The summed E-state index contributed by atoms with van der Waals surface area (Å²) >= 11 is 6.81. The Bertz CT molecular complexity index is 426. The van der Waals surface area contributed by atoms with E-state index in [0.717, 1.165) is 14.5 Å². The third-order valence-corrected chi connectivity index (χ3v) is 3.78. The number of ether oxygens (including phenoxy) is 1. The molecule has 0 aliphatic rings. The highest BCUT2D eigenvalue weighted by Crippen LogP contribution is 2.34. The van der Waals surface area contributed by atoms with E-state index in [4.69, 9.17) is 9.84 Å². The van der Waals surface area contributed by atoms with Crippen LogP contribution in [0.4, 0.5) is 0 Å². The van der Waals surface area contributed by atoms with E-state index in [0.29, 0.717) is 12.2 Å². The number of likely N-dealkylation sites (N-methyl/N-ethyl adjacent to an activating group) is 1. The van der Waals surface area contributed by atoms with Crippen molar-refractivity contribution in [1.82, 2.24) is 4.90 Å². The van der Waals surface area contributed by atoms with Crippen molar-refractivity contribution in [2.45, 2.75) is 12.5 Å². The second-order valence-corrected chi connectivity index (χ2v) is 5.82. The van der Waals surface area contributed by atoms with Crippen LogP contribution >= 0.6 is 31.9 Å². The number of nitrogens with zero attached hydrogens (tertiary/aromatic N) is 1. The molecule has 100 valence electrons. The van der Waals surface area contributed by atoms with E-state index in [-0.39, 0.29) is 0 Å². The second-order valence-electron chi connectivity index (χ2n) is 4.11. The lowest BCUT2D eigenvalue weighted by molar-refractivity contribution is -0.142. The van der Waals surface area contributed by atoms with Crippen LogP contribution in [0, 0.1) is 0 Å². The number of hydrogen-bond donors (Lipinski definition) is 1. The predicted molar refractivity (Wildman–Crippen MR) is 77.2 cm³/mol. The molecule has 0 saturated heterocycles. The van der Waals surface area contributed by atoms with Gasteiger partial charge in [0.25, 0.3) is 0 Å². The minimum atomic E-state index is -0.830. The van der Waals surface area contributed by atoms with Crippen LogP contribution in [0.5, 0.6) is 5.75 Å². The lowest BCUT2D eigenvalue weighted by atomic mass is 10.1. The van der Waals surface area contributed by atoms with Gasteiger partial charge in [0, 0.05) is 0 Å². The van der Waals surface area contributed by atoms with E-state index in [2.05, 4.69) is 31.9 Å². The first-order valence-corrected chi connectivity index (χ1v) is 6.86. The van der Waals surface area contributed by atoms with Gasteiger partial charge in [-0.05, 0) is 70.1 Å². The third-order valence-electron chi connectivity index (χ3n) is 2.60. The summed E-state index contributed by atoms with van der Waals surface area (Å²) in [5.74, 6) is -0.126. The van der Waals surface area contributed by atoms with Crippen molar-refractivity contribution in [2.75, 3.05) is 21.2 Å². The number of methoxy groups -OCH3 is 1. The van der Waals surface area contributed by atoms with Gasteiger partial charge in [-0.3, -0.25) is 9.69 Å². The molecule has 0 radical (unpaired) electrons. The maximum atomic E-state index is 11.1. The molecule has 0 aliphatic carbocycles. The van der Waals surface area contributed by atoms with Crippen molar-refractivity contribution >= 4 is 37.8 Å². The minimum Gasteiger partial charge on any atom is -0.494 e. The Morgan fingerprint density at radius 1 is 1.39 bits per heavy atom. The Labute approximate surface area is 123 Å². The molecule has 0 amide bonds. The molecule has 0 bridgehead atoms. The number of hydrogen-bond acceptors (Lipinski definition) is 3. The molecule has 0 heterocycles. The summed E-state index contributed by atoms with van der Waals surface area (Å²) in [6.45, 7) is 0. The Morgan fingerprint density at radius 3 is 2.22 bits per heavy atom. The quantitative estimate of drug-likeness (QED) is 0.853. The SMILES string of the molecule is COc1c(Br)cc(C[C@@H](C(=O)O)N(C)C)cc1Br. The van der Waals surface area contributed by atoms with Crippen molar-refractivity contribution < 1.29 is 14.6 Å². The lowest BCUT2D eigenvalue weighted by Gasteiger charge is -2.20. The van der Waals surface area contributed by atoms with Crippen molar-refractivity contribution in [1.29, 1.82) is 0 Å². The molecule has 0 unspecified atom stereocenters. The molecule has 1 aromatic carbocycles. The lowest BCUT2D eigenvalue weighted by Crippen LogP contribution is -2.37. The van der Waals surface area contributed by atoms with Crippen LogP contribution in [0.15, 0.2) is 21.1 Å². The Balaban J connectivity index is 3.01. The Morgan fingerprint density at radius 2 is 1.89 bits per heavy atom. The molecular weight excluding hydrogens is 366 g/mol. The molecular formula is C12H15Br2NO3. The van der Waals surface area contributed by atoms with Crippen LogP contribution < -0.4 is 4.74 Å². The van der Waals surface area contributed by atoms with Crippen molar-refractivity contribution in [2.24, 2.45) is 0 Å². The molecule has 1 atom stereocenters. The highest BCUT2D eigenvalue weighted by atomic mass is 79.9. The first kappa shape index (κ1) is 15.5. The molecule has 18 heavy (non-hydrogen) atoms. The van der Waals surface area contributed by atoms with Crippen LogP contribution in [0.1, 0.15) is 5.56 Å². The van der Waals surface area contributed by atoms with E-state index in [1.54, 1.807) is 26.1 Å². The van der Waals surface area contributed by atoms with Gasteiger partial charge in [0.1, 0.15) is 11.8 Å². The monoisotopic (exact) mass is 379 g/mol. The fourth-order valence-corrected chi connectivity index (χ4v) is 3.24. The summed E-state index contributed by atoms with van der Waals surface area (Å²) < 4.78 is 6.82. The van der Waals surface area contributed by atoms with Crippen LogP contribution in [-0.2, 0) is 11.2 Å². The highest BCUT2D eigenvalue weighted by molar-refractivity contribution is 9.11. The van der Waals surface area contributed by atoms with Crippen molar-refractivity contribution in [3.8, 4) is 5.75 Å². The smallest absolute Gasteiger partial charge is 0.321 e. The van der Waals surface area contributed by atoms with Crippen LogP contribution in [0.25, 0.3) is 0 Å². The minimum absolute atomic E-state index is 0.434. The summed E-state index contributed by atoms with van der Waals surface area (Å²) in [7, 11) is 5.10. The fraction of sp³-hybridized carbons (Fsp3) is 0.417. The summed E-state index contributed by atoms with van der Waals surface area (Å²) in [6.07, 6.45) is 0.434. The number of benzene rings is 1. The van der Waals surface area contributed by atoms with Crippen molar-refractivity contribution in [3.63, 3.8) is 0 Å². The van der Waals surface area contributed by atoms with Gasteiger partial charge in [-0.15, -0.1) is 0 Å². The summed E-state index contributed by atoms with van der Waals surface area (Å²) in [5.41, 5.74) is 0.927. The zero-order valence-electron chi connectivity index (χ0n) is 10.4. The molecule has 0 spiro atoms. The summed E-state index contributed by atoms with van der Waals surface area (Å²) in [4.78, 5) is 12.8. The number of aliphatic carboxylic acids is 1. The Kier molecular flexibility index (Phi) is 5.62. The molecule has 0 aliphatic heterocycles. The predicted octanol–water partition coefficient (Wildman–Crippen LogP) is 2.78. The first-order valence-electron chi connectivity index (χ1n) is 5.28. The molecule has 4 nitrogen and oxygen atoms in total. The number of carbonyl (C=O) groups is 1. The highest BCUT2D eigenvalue weighted by Gasteiger charge is 2.21. The van der Waals surface area contributed by atoms with Gasteiger partial charge < -0.3 is 9.84 Å². The van der Waals surface area contributed by atoms with E-state index in [1.807, 2.05) is 12.1 Å². The van der Waals surface area contributed by atoms with Gasteiger partial charge in [-0.1, -0.05) is 0 Å². The van der Waals surface area contributed by atoms with Crippen molar-refractivity contribution in [3.05, 3.63) is 26.6 Å². The molecule has 0 aromatic heterocycles. The van der Waals surface area contributed by atoms with Crippen LogP contribution in [-0.4, -0.2) is 43.2 Å². The molecule has 1 rings (SSSR count). The maximum Gasteiger partial charge on any atom is 0.321 e. The fourth-order valence-electron chi connectivity index (χ4n) is 1.64. The zero-order chi connectivity index (χ0) is 13.9. The van der Waals surface area contributed by atoms with Gasteiger partial charge in [0.2, 0.25) is 0 Å². The number of halogens is 2. The number of carboxylic acids is 1. The van der Waals surface area contributed by atoms with Gasteiger partial charge in [-0.25, -0.2) is 0 Å². The Hall–Kier alpha value is -0.590. The molecule has 1 N–H and O–H groups in total.